The first kappa shape index (κ1) is 16.5. The molecule has 0 saturated heterocycles. The standard InChI is InChI=1S/C19H18ClN3O/c1-22(2)11-14-5-8-16-17(9-14)18(10-21)23(19(16)24)12-13-3-6-15(20)7-4-13/h3-9,18H,11-12H2,1-2H3. The number of carbonyl (C=O) groups is 1. The van der Waals surface area contributed by atoms with Gasteiger partial charge in [0.15, 0.2) is 0 Å². The SMILES string of the molecule is CN(C)Cc1ccc2c(c1)C(C#N)N(Cc1ccc(Cl)cc1)C2=O. The summed E-state index contributed by atoms with van der Waals surface area (Å²) < 4.78 is 0. The van der Waals surface area contributed by atoms with Gasteiger partial charge in [-0.05, 0) is 43.4 Å². The Bertz CT molecular complexity index is 808. The maximum absolute atomic E-state index is 12.7. The first-order valence-electron chi connectivity index (χ1n) is 7.72. The quantitative estimate of drug-likeness (QED) is 0.854. The monoisotopic (exact) mass is 339 g/mol. The molecule has 0 spiro atoms. The maximum atomic E-state index is 12.7. The van der Waals surface area contributed by atoms with E-state index in [9.17, 15) is 10.1 Å². The third-order valence-electron chi connectivity index (χ3n) is 4.10. The van der Waals surface area contributed by atoms with Crippen molar-refractivity contribution in [3.63, 3.8) is 0 Å². The number of hydrogen-bond acceptors (Lipinski definition) is 3. The summed E-state index contributed by atoms with van der Waals surface area (Å²) in [5, 5.41) is 10.3. The number of fused-ring (bicyclic) bond motifs is 1. The number of carbonyl (C=O) groups excluding carboxylic acids is 1. The topological polar surface area (TPSA) is 47.3 Å². The first-order valence-corrected chi connectivity index (χ1v) is 8.10. The van der Waals surface area contributed by atoms with Gasteiger partial charge in [0.05, 0.1) is 6.07 Å². The van der Waals surface area contributed by atoms with Crippen molar-refractivity contribution in [1.29, 1.82) is 5.26 Å². The number of halogens is 1. The fourth-order valence-electron chi connectivity index (χ4n) is 3.03. The van der Waals surface area contributed by atoms with Gasteiger partial charge in [-0.2, -0.15) is 5.26 Å². The molecule has 0 N–H and O–H groups in total. The molecule has 0 aliphatic carbocycles. The average Bonchev–Trinajstić information content (AvgIpc) is 2.80. The molecular formula is C19H18ClN3O. The molecule has 0 radical (unpaired) electrons. The second kappa shape index (κ2) is 6.64. The van der Waals surface area contributed by atoms with Crippen molar-refractivity contribution < 1.29 is 4.79 Å². The first-order chi connectivity index (χ1) is 11.5. The summed E-state index contributed by atoms with van der Waals surface area (Å²) in [7, 11) is 3.99. The van der Waals surface area contributed by atoms with E-state index in [1.165, 1.54) is 0 Å². The summed E-state index contributed by atoms with van der Waals surface area (Å²) in [6.45, 7) is 1.17. The van der Waals surface area contributed by atoms with E-state index in [0.717, 1.165) is 23.2 Å². The molecule has 3 rings (SSSR count). The molecule has 4 nitrogen and oxygen atoms in total. The van der Waals surface area contributed by atoms with Gasteiger partial charge in [0.2, 0.25) is 0 Å². The van der Waals surface area contributed by atoms with E-state index in [1.807, 2.05) is 44.4 Å². The lowest BCUT2D eigenvalue weighted by Crippen LogP contribution is -2.26. The molecule has 5 heteroatoms. The van der Waals surface area contributed by atoms with E-state index in [-0.39, 0.29) is 5.91 Å². The largest absolute Gasteiger partial charge is 0.314 e. The fraction of sp³-hybridized carbons (Fsp3) is 0.263. The van der Waals surface area contributed by atoms with Crippen LogP contribution in [0.2, 0.25) is 5.02 Å². The number of benzene rings is 2. The van der Waals surface area contributed by atoms with Crippen LogP contribution in [0, 0.1) is 11.3 Å². The van der Waals surface area contributed by atoms with E-state index in [2.05, 4.69) is 11.0 Å². The lowest BCUT2D eigenvalue weighted by molar-refractivity contribution is 0.0744. The van der Waals surface area contributed by atoms with E-state index < -0.39 is 6.04 Å². The van der Waals surface area contributed by atoms with Crippen LogP contribution in [0.25, 0.3) is 0 Å². The third kappa shape index (κ3) is 3.14. The lowest BCUT2D eigenvalue weighted by atomic mass is 10.0. The summed E-state index contributed by atoms with van der Waals surface area (Å²) in [5.74, 6) is -0.0945. The molecule has 0 bridgehead atoms. The van der Waals surface area contributed by atoms with Gasteiger partial charge in [-0.1, -0.05) is 35.9 Å². The maximum Gasteiger partial charge on any atom is 0.255 e. The molecule has 122 valence electrons. The van der Waals surface area contributed by atoms with Gasteiger partial charge < -0.3 is 9.80 Å². The van der Waals surface area contributed by atoms with Crippen LogP contribution in [0.4, 0.5) is 0 Å². The predicted molar refractivity (Wildman–Crippen MR) is 93.5 cm³/mol. The van der Waals surface area contributed by atoms with E-state index in [4.69, 9.17) is 11.6 Å². The highest BCUT2D eigenvalue weighted by molar-refractivity contribution is 6.30. The zero-order valence-electron chi connectivity index (χ0n) is 13.7. The molecular weight excluding hydrogens is 322 g/mol. The number of hydrogen-bond donors (Lipinski definition) is 0. The highest BCUT2D eigenvalue weighted by Crippen LogP contribution is 2.35. The molecule has 1 amide bonds. The zero-order valence-corrected chi connectivity index (χ0v) is 14.4. The molecule has 2 aromatic rings. The molecule has 1 heterocycles. The van der Waals surface area contributed by atoms with Crippen molar-refractivity contribution in [3.05, 3.63) is 69.7 Å². The van der Waals surface area contributed by atoms with Crippen molar-refractivity contribution in [1.82, 2.24) is 9.80 Å². The zero-order chi connectivity index (χ0) is 17.3. The molecule has 1 aliphatic rings. The molecule has 1 atom stereocenters. The smallest absolute Gasteiger partial charge is 0.255 e. The van der Waals surface area contributed by atoms with E-state index in [0.29, 0.717) is 17.1 Å². The molecule has 1 unspecified atom stereocenters. The van der Waals surface area contributed by atoms with Crippen molar-refractivity contribution in [2.75, 3.05) is 14.1 Å². The van der Waals surface area contributed by atoms with Crippen LogP contribution in [-0.2, 0) is 13.1 Å². The minimum absolute atomic E-state index is 0.0945. The summed E-state index contributed by atoms with van der Waals surface area (Å²) in [6, 6.07) is 14.8. The van der Waals surface area contributed by atoms with Gasteiger partial charge in [-0.3, -0.25) is 4.79 Å². The lowest BCUT2D eigenvalue weighted by Gasteiger charge is -2.20. The van der Waals surface area contributed by atoms with Crippen molar-refractivity contribution in [2.24, 2.45) is 0 Å². The van der Waals surface area contributed by atoms with E-state index >= 15 is 0 Å². The van der Waals surface area contributed by atoms with Crippen LogP contribution in [-0.4, -0.2) is 29.8 Å². The van der Waals surface area contributed by atoms with E-state index in [1.54, 1.807) is 17.0 Å². The number of amides is 1. The van der Waals surface area contributed by atoms with Gasteiger partial charge in [0, 0.05) is 29.2 Å². The van der Waals surface area contributed by atoms with Gasteiger partial charge in [-0.15, -0.1) is 0 Å². The highest BCUT2D eigenvalue weighted by atomic mass is 35.5. The Morgan fingerprint density at radius 1 is 1.17 bits per heavy atom. The summed E-state index contributed by atoms with van der Waals surface area (Å²) in [5.41, 5.74) is 3.48. The molecule has 24 heavy (non-hydrogen) atoms. The summed E-state index contributed by atoms with van der Waals surface area (Å²) in [4.78, 5) is 16.4. The fourth-order valence-corrected chi connectivity index (χ4v) is 3.15. The van der Waals surface area contributed by atoms with Crippen LogP contribution in [0.5, 0.6) is 0 Å². The van der Waals surface area contributed by atoms with Crippen LogP contribution >= 0.6 is 11.6 Å². The number of rotatable bonds is 4. The van der Waals surface area contributed by atoms with Gasteiger partial charge in [0.1, 0.15) is 6.04 Å². The molecule has 2 aromatic carbocycles. The minimum Gasteiger partial charge on any atom is -0.314 e. The predicted octanol–water partition coefficient (Wildman–Crippen LogP) is 3.62. The Balaban J connectivity index is 1.91. The Morgan fingerprint density at radius 2 is 1.83 bits per heavy atom. The Morgan fingerprint density at radius 3 is 2.46 bits per heavy atom. The minimum atomic E-state index is -0.551. The van der Waals surface area contributed by atoms with Crippen LogP contribution in [0.1, 0.15) is 33.1 Å². The van der Waals surface area contributed by atoms with Crippen LogP contribution in [0.15, 0.2) is 42.5 Å². The van der Waals surface area contributed by atoms with Gasteiger partial charge >= 0.3 is 0 Å². The Labute approximate surface area is 146 Å². The Hall–Kier alpha value is -2.35. The summed E-state index contributed by atoms with van der Waals surface area (Å²) >= 11 is 5.91. The normalized spacial score (nSPS) is 16.4. The van der Waals surface area contributed by atoms with Crippen molar-refractivity contribution >= 4 is 17.5 Å². The van der Waals surface area contributed by atoms with Crippen molar-refractivity contribution in [3.8, 4) is 6.07 Å². The van der Waals surface area contributed by atoms with Crippen LogP contribution in [0.3, 0.4) is 0 Å². The number of nitriles is 1. The second-order valence-corrected chi connectivity index (χ2v) is 6.69. The summed E-state index contributed by atoms with van der Waals surface area (Å²) in [6.07, 6.45) is 0. The number of nitrogens with zero attached hydrogens (tertiary/aromatic N) is 3. The van der Waals surface area contributed by atoms with Gasteiger partial charge in [-0.25, -0.2) is 0 Å². The molecule has 0 saturated carbocycles. The molecule has 1 aliphatic heterocycles. The second-order valence-electron chi connectivity index (χ2n) is 6.25. The molecule has 0 fully saturated rings. The van der Waals surface area contributed by atoms with Crippen molar-refractivity contribution in [2.45, 2.75) is 19.1 Å². The molecule has 0 aromatic heterocycles. The average molecular weight is 340 g/mol. The Kier molecular flexibility index (Phi) is 4.57. The van der Waals surface area contributed by atoms with Crippen LogP contribution < -0.4 is 0 Å². The van der Waals surface area contributed by atoms with Gasteiger partial charge in [0.25, 0.3) is 5.91 Å². The third-order valence-corrected chi connectivity index (χ3v) is 4.35. The highest BCUT2D eigenvalue weighted by Gasteiger charge is 2.36.